The third kappa shape index (κ3) is 4.12. The standard InChI is InChI=1S/C17H32N2O2/c1-17(2)11-5-4-6-15(17)18-16(21)19(3)14-9-7-13(12-20)8-10-14/h13-15,20H,4-12H2,1-3H3,(H,18,21). The lowest BCUT2D eigenvalue weighted by atomic mass is 9.73. The molecule has 0 radical (unpaired) electrons. The van der Waals surface area contributed by atoms with Crippen molar-refractivity contribution in [1.82, 2.24) is 10.2 Å². The van der Waals surface area contributed by atoms with Crippen LogP contribution in [0.3, 0.4) is 0 Å². The molecule has 0 aromatic heterocycles. The summed E-state index contributed by atoms with van der Waals surface area (Å²) in [4.78, 5) is 14.4. The van der Waals surface area contributed by atoms with Crippen molar-refractivity contribution < 1.29 is 9.90 Å². The number of hydrogen-bond acceptors (Lipinski definition) is 2. The Hall–Kier alpha value is -0.770. The second-order valence-electron chi connectivity index (χ2n) is 7.70. The molecule has 122 valence electrons. The Balaban J connectivity index is 1.85. The number of rotatable bonds is 3. The van der Waals surface area contributed by atoms with Crippen LogP contribution in [-0.2, 0) is 0 Å². The molecule has 2 N–H and O–H groups in total. The monoisotopic (exact) mass is 296 g/mol. The average molecular weight is 296 g/mol. The Labute approximate surface area is 129 Å². The number of carbonyl (C=O) groups is 1. The van der Waals surface area contributed by atoms with Crippen molar-refractivity contribution in [2.24, 2.45) is 11.3 Å². The maximum atomic E-state index is 12.5. The summed E-state index contributed by atoms with van der Waals surface area (Å²) in [6.45, 7) is 4.83. The minimum atomic E-state index is 0.0856. The number of aliphatic hydroxyl groups is 1. The normalized spacial score (nSPS) is 32.5. The Morgan fingerprint density at radius 1 is 1.19 bits per heavy atom. The fourth-order valence-electron chi connectivity index (χ4n) is 3.89. The minimum Gasteiger partial charge on any atom is -0.396 e. The van der Waals surface area contributed by atoms with Gasteiger partial charge in [0.15, 0.2) is 0 Å². The summed E-state index contributed by atoms with van der Waals surface area (Å²) in [5.74, 6) is 0.440. The summed E-state index contributed by atoms with van der Waals surface area (Å²) >= 11 is 0. The van der Waals surface area contributed by atoms with Crippen LogP contribution in [0.25, 0.3) is 0 Å². The van der Waals surface area contributed by atoms with E-state index in [1.807, 2.05) is 11.9 Å². The quantitative estimate of drug-likeness (QED) is 0.840. The molecule has 2 amide bonds. The zero-order valence-corrected chi connectivity index (χ0v) is 13.9. The van der Waals surface area contributed by atoms with E-state index < -0.39 is 0 Å². The minimum absolute atomic E-state index is 0.0856. The van der Waals surface area contributed by atoms with E-state index in [4.69, 9.17) is 0 Å². The summed E-state index contributed by atoms with van der Waals surface area (Å²) in [7, 11) is 1.93. The summed E-state index contributed by atoms with van der Waals surface area (Å²) in [6, 6.07) is 0.719. The van der Waals surface area contributed by atoms with Crippen LogP contribution in [0.2, 0.25) is 0 Å². The van der Waals surface area contributed by atoms with Crippen molar-refractivity contribution in [2.75, 3.05) is 13.7 Å². The second-order valence-corrected chi connectivity index (χ2v) is 7.70. The van der Waals surface area contributed by atoms with Gasteiger partial charge in [0, 0.05) is 25.7 Å². The van der Waals surface area contributed by atoms with Crippen LogP contribution >= 0.6 is 0 Å². The number of aliphatic hydroxyl groups excluding tert-OH is 1. The average Bonchev–Trinajstić information content (AvgIpc) is 2.48. The lowest BCUT2D eigenvalue weighted by Crippen LogP contribution is -2.53. The van der Waals surface area contributed by atoms with Crippen LogP contribution < -0.4 is 5.32 Å². The van der Waals surface area contributed by atoms with Gasteiger partial charge in [-0.3, -0.25) is 0 Å². The van der Waals surface area contributed by atoms with Gasteiger partial charge in [-0.15, -0.1) is 0 Å². The Morgan fingerprint density at radius 2 is 1.86 bits per heavy atom. The maximum Gasteiger partial charge on any atom is 0.317 e. The van der Waals surface area contributed by atoms with Crippen molar-refractivity contribution in [3.63, 3.8) is 0 Å². The first-order valence-electron chi connectivity index (χ1n) is 8.58. The molecule has 4 nitrogen and oxygen atoms in total. The molecule has 2 aliphatic rings. The van der Waals surface area contributed by atoms with Crippen molar-refractivity contribution in [1.29, 1.82) is 0 Å². The largest absolute Gasteiger partial charge is 0.396 e. The molecule has 21 heavy (non-hydrogen) atoms. The van der Waals surface area contributed by atoms with Gasteiger partial charge in [-0.05, 0) is 49.9 Å². The molecular formula is C17H32N2O2. The first-order chi connectivity index (χ1) is 9.94. The SMILES string of the molecule is CN(C(=O)NC1CCCCC1(C)C)C1CCC(CO)CC1. The van der Waals surface area contributed by atoms with Crippen molar-refractivity contribution in [3.05, 3.63) is 0 Å². The Bertz CT molecular complexity index is 349. The smallest absolute Gasteiger partial charge is 0.317 e. The highest BCUT2D eigenvalue weighted by molar-refractivity contribution is 5.74. The van der Waals surface area contributed by atoms with E-state index in [9.17, 15) is 9.90 Å². The van der Waals surface area contributed by atoms with Gasteiger partial charge in [-0.1, -0.05) is 26.7 Å². The van der Waals surface area contributed by atoms with E-state index in [1.54, 1.807) is 0 Å². The van der Waals surface area contributed by atoms with E-state index >= 15 is 0 Å². The van der Waals surface area contributed by atoms with Gasteiger partial charge in [-0.2, -0.15) is 0 Å². The first-order valence-corrected chi connectivity index (χ1v) is 8.58. The summed E-state index contributed by atoms with van der Waals surface area (Å²) in [5, 5.41) is 12.5. The highest BCUT2D eigenvalue weighted by atomic mass is 16.3. The van der Waals surface area contributed by atoms with E-state index in [0.717, 1.165) is 32.1 Å². The van der Waals surface area contributed by atoms with Crippen LogP contribution in [0, 0.1) is 11.3 Å². The highest BCUT2D eigenvalue weighted by Gasteiger charge is 2.35. The van der Waals surface area contributed by atoms with Crippen LogP contribution in [0.4, 0.5) is 4.79 Å². The molecule has 0 saturated heterocycles. The molecule has 1 unspecified atom stereocenters. The lowest BCUT2D eigenvalue weighted by Gasteiger charge is -2.41. The van der Waals surface area contributed by atoms with Crippen molar-refractivity contribution >= 4 is 6.03 Å². The van der Waals surface area contributed by atoms with Crippen LogP contribution in [0.1, 0.15) is 65.2 Å². The molecule has 2 fully saturated rings. The summed E-state index contributed by atoms with van der Waals surface area (Å²) < 4.78 is 0. The molecule has 0 heterocycles. The molecule has 0 aromatic carbocycles. The lowest BCUT2D eigenvalue weighted by molar-refractivity contribution is 0.119. The predicted octanol–water partition coefficient (Wildman–Crippen LogP) is 3.15. The number of amides is 2. The van der Waals surface area contributed by atoms with Gasteiger partial charge in [0.05, 0.1) is 0 Å². The first kappa shape index (κ1) is 16.6. The van der Waals surface area contributed by atoms with Crippen LogP contribution in [-0.4, -0.2) is 41.8 Å². The van der Waals surface area contributed by atoms with Crippen molar-refractivity contribution in [2.45, 2.75) is 77.3 Å². The third-order valence-electron chi connectivity index (χ3n) is 5.75. The zero-order valence-electron chi connectivity index (χ0n) is 13.9. The molecular weight excluding hydrogens is 264 g/mol. The zero-order chi connectivity index (χ0) is 15.5. The molecule has 2 rings (SSSR count). The van der Waals surface area contributed by atoms with Gasteiger partial charge >= 0.3 is 6.03 Å². The third-order valence-corrected chi connectivity index (χ3v) is 5.75. The van der Waals surface area contributed by atoms with Gasteiger partial charge in [0.2, 0.25) is 0 Å². The second kappa shape index (κ2) is 6.99. The fraction of sp³-hybridized carbons (Fsp3) is 0.941. The molecule has 1 atom stereocenters. The number of nitrogens with one attached hydrogen (secondary N) is 1. The fourth-order valence-corrected chi connectivity index (χ4v) is 3.89. The maximum absolute atomic E-state index is 12.5. The van der Waals surface area contributed by atoms with E-state index in [1.165, 1.54) is 19.3 Å². The number of hydrogen-bond donors (Lipinski definition) is 2. The molecule has 2 saturated carbocycles. The molecule has 0 aromatic rings. The molecule has 4 heteroatoms. The Morgan fingerprint density at radius 3 is 2.43 bits per heavy atom. The predicted molar refractivity (Wildman–Crippen MR) is 85.2 cm³/mol. The molecule has 0 aliphatic heterocycles. The highest BCUT2D eigenvalue weighted by Crippen LogP contribution is 2.35. The molecule has 0 bridgehead atoms. The summed E-state index contributed by atoms with van der Waals surface area (Å²) in [5.41, 5.74) is 0.212. The van der Waals surface area contributed by atoms with Gasteiger partial charge in [-0.25, -0.2) is 4.79 Å². The number of nitrogens with zero attached hydrogens (tertiary/aromatic N) is 1. The topological polar surface area (TPSA) is 52.6 Å². The van der Waals surface area contributed by atoms with Gasteiger partial charge in [0.1, 0.15) is 0 Å². The summed E-state index contributed by atoms with van der Waals surface area (Å²) in [6.07, 6.45) is 8.90. The number of carbonyl (C=O) groups excluding carboxylic acids is 1. The van der Waals surface area contributed by atoms with Gasteiger partial charge in [0.25, 0.3) is 0 Å². The van der Waals surface area contributed by atoms with E-state index in [2.05, 4.69) is 19.2 Å². The van der Waals surface area contributed by atoms with Crippen LogP contribution in [0.5, 0.6) is 0 Å². The molecule has 2 aliphatic carbocycles. The van der Waals surface area contributed by atoms with Crippen LogP contribution in [0.15, 0.2) is 0 Å². The van der Waals surface area contributed by atoms with Gasteiger partial charge < -0.3 is 15.3 Å². The van der Waals surface area contributed by atoms with E-state index in [0.29, 0.717) is 24.6 Å². The van der Waals surface area contributed by atoms with Crippen molar-refractivity contribution in [3.8, 4) is 0 Å². The Kier molecular flexibility index (Phi) is 5.53. The molecule has 0 spiro atoms. The number of urea groups is 1. The van der Waals surface area contributed by atoms with E-state index in [-0.39, 0.29) is 11.4 Å².